The Morgan fingerprint density at radius 2 is 2.67 bits per heavy atom. The molecule has 0 bridgehead atoms. The van der Waals surface area contributed by atoms with E-state index in [0.29, 0.717) is 6.61 Å². The predicted octanol–water partition coefficient (Wildman–Crippen LogP) is -1.51. The van der Waals surface area contributed by atoms with Gasteiger partial charge in [0, 0.05) is 0 Å². The standard InChI is InChI=1S/C5H9NO3/c7-1-4-2-9-3-5(8)6-4/h4,7H,1-3H2,(H,6,8). The molecule has 1 fully saturated rings. The lowest BCUT2D eigenvalue weighted by atomic mass is 10.3. The number of hydrogen-bond donors (Lipinski definition) is 2. The van der Waals surface area contributed by atoms with Gasteiger partial charge in [0.15, 0.2) is 0 Å². The third kappa shape index (κ3) is 1.65. The molecule has 1 atom stereocenters. The number of ether oxygens (including phenoxy) is 1. The Labute approximate surface area is 52.8 Å². The van der Waals surface area contributed by atoms with E-state index in [-0.39, 0.29) is 25.2 Å². The van der Waals surface area contributed by atoms with E-state index in [2.05, 4.69) is 5.32 Å². The molecule has 4 heteroatoms. The fourth-order valence-corrected chi connectivity index (χ4v) is 0.703. The van der Waals surface area contributed by atoms with Gasteiger partial charge < -0.3 is 15.2 Å². The van der Waals surface area contributed by atoms with Crippen LogP contribution in [-0.4, -0.2) is 36.9 Å². The molecule has 0 radical (unpaired) electrons. The summed E-state index contributed by atoms with van der Waals surface area (Å²) in [6.45, 7) is 0.491. The van der Waals surface area contributed by atoms with Crippen molar-refractivity contribution in [2.75, 3.05) is 19.8 Å². The highest BCUT2D eigenvalue weighted by atomic mass is 16.5. The molecule has 0 aromatic rings. The van der Waals surface area contributed by atoms with E-state index in [4.69, 9.17) is 9.84 Å². The minimum Gasteiger partial charge on any atom is -0.394 e. The van der Waals surface area contributed by atoms with Gasteiger partial charge in [0.1, 0.15) is 6.61 Å². The molecular formula is C5H9NO3. The maximum atomic E-state index is 10.5. The van der Waals surface area contributed by atoms with Crippen molar-refractivity contribution in [1.29, 1.82) is 0 Å². The van der Waals surface area contributed by atoms with Crippen LogP contribution < -0.4 is 5.32 Å². The van der Waals surface area contributed by atoms with Crippen molar-refractivity contribution in [2.45, 2.75) is 6.04 Å². The zero-order valence-corrected chi connectivity index (χ0v) is 4.96. The summed E-state index contributed by atoms with van der Waals surface area (Å²) in [7, 11) is 0. The van der Waals surface area contributed by atoms with E-state index in [1.165, 1.54) is 0 Å². The van der Waals surface area contributed by atoms with Gasteiger partial charge in [-0.05, 0) is 0 Å². The lowest BCUT2D eigenvalue weighted by Crippen LogP contribution is -2.47. The fraction of sp³-hybridized carbons (Fsp3) is 0.800. The maximum Gasteiger partial charge on any atom is 0.246 e. The molecule has 1 unspecified atom stereocenters. The summed E-state index contributed by atoms with van der Waals surface area (Å²) in [5.41, 5.74) is 0. The summed E-state index contributed by atoms with van der Waals surface area (Å²) in [5, 5.41) is 11.1. The van der Waals surface area contributed by atoms with Crippen LogP contribution in [-0.2, 0) is 9.53 Å². The molecule has 0 aromatic heterocycles. The van der Waals surface area contributed by atoms with Crippen LogP contribution in [0.15, 0.2) is 0 Å². The Bertz CT molecular complexity index is 115. The third-order valence-electron chi connectivity index (χ3n) is 1.14. The summed E-state index contributed by atoms with van der Waals surface area (Å²) in [4.78, 5) is 10.5. The quantitative estimate of drug-likeness (QED) is 0.455. The number of carbonyl (C=O) groups excluding carboxylic acids is 1. The molecular weight excluding hydrogens is 122 g/mol. The molecule has 52 valence electrons. The minimum atomic E-state index is -0.203. The predicted molar refractivity (Wildman–Crippen MR) is 29.8 cm³/mol. The topological polar surface area (TPSA) is 58.6 Å². The average molecular weight is 131 g/mol. The number of carbonyl (C=O) groups is 1. The molecule has 1 aliphatic rings. The van der Waals surface area contributed by atoms with E-state index in [9.17, 15) is 4.79 Å². The second-order valence-corrected chi connectivity index (χ2v) is 1.96. The van der Waals surface area contributed by atoms with E-state index in [0.717, 1.165) is 0 Å². The van der Waals surface area contributed by atoms with Gasteiger partial charge in [0.05, 0.1) is 19.3 Å². The van der Waals surface area contributed by atoms with Gasteiger partial charge in [0.25, 0.3) is 0 Å². The summed E-state index contributed by atoms with van der Waals surface area (Å²) in [5.74, 6) is -0.152. The van der Waals surface area contributed by atoms with E-state index < -0.39 is 0 Å². The fourth-order valence-electron chi connectivity index (χ4n) is 0.703. The number of aliphatic hydroxyl groups excluding tert-OH is 1. The van der Waals surface area contributed by atoms with Crippen molar-refractivity contribution >= 4 is 5.91 Å². The average Bonchev–Trinajstić information content (AvgIpc) is 1.88. The van der Waals surface area contributed by atoms with Gasteiger partial charge in [0.2, 0.25) is 5.91 Å². The molecule has 0 aromatic carbocycles. The highest BCUT2D eigenvalue weighted by molar-refractivity contribution is 5.78. The normalized spacial score (nSPS) is 27.7. The first-order valence-corrected chi connectivity index (χ1v) is 2.81. The van der Waals surface area contributed by atoms with Crippen molar-refractivity contribution in [3.05, 3.63) is 0 Å². The lowest BCUT2D eigenvalue weighted by Gasteiger charge is -2.20. The number of aliphatic hydroxyl groups is 1. The van der Waals surface area contributed by atoms with Gasteiger partial charge in [-0.3, -0.25) is 4.79 Å². The molecule has 1 saturated heterocycles. The Morgan fingerprint density at radius 3 is 3.11 bits per heavy atom. The van der Waals surface area contributed by atoms with Crippen LogP contribution in [0.5, 0.6) is 0 Å². The van der Waals surface area contributed by atoms with Crippen LogP contribution in [0.3, 0.4) is 0 Å². The van der Waals surface area contributed by atoms with E-state index >= 15 is 0 Å². The van der Waals surface area contributed by atoms with Crippen LogP contribution in [0.1, 0.15) is 0 Å². The monoisotopic (exact) mass is 131 g/mol. The first kappa shape index (κ1) is 6.51. The van der Waals surface area contributed by atoms with Gasteiger partial charge in [-0.2, -0.15) is 0 Å². The van der Waals surface area contributed by atoms with E-state index in [1.807, 2.05) is 0 Å². The molecule has 1 heterocycles. The Morgan fingerprint density at radius 1 is 1.89 bits per heavy atom. The Hall–Kier alpha value is -0.610. The largest absolute Gasteiger partial charge is 0.394 e. The van der Waals surface area contributed by atoms with E-state index in [1.54, 1.807) is 0 Å². The van der Waals surface area contributed by atoms with Gasteiger partial charge in [-0.25, -0.2) is 0 Å². The highest BCUT2D eigenvalue weighted by Gasteiger charge is 2.16. The molecule has 0 spiro atoms. The number of morpholine rings is 1. The third-order valence-corrected chi connectivity index (χ3v) is 1.14. The summed E-state index contributed by atoms with van der Waals surface area (Å²) < 4.78 is 4.81. The molecule has 9 heavy (non-hydrogen) atoms. The van der Waals surface area contributed by atoms with Crippen molar-refractivity contribution in [3.63, 3.8) is 0 Å². The minimum absolute atomic E-state index is 0.0499. The van der Waals surface area contributed by atoms with Crippen molar-refractivity contribution < 1.29 is 14.6 Å². The summed E-state index contributed by atoms with van der Waals surface area (Å²) in [6, 6.07) is -0.203. The zero-order chi connectivity index (χ0) is 6.69. The van der Waals surface area contributed by atoms with Gasteiger partial charge in [-0.15, -0.1) is 0 Å². The Balaban J connectivity index is 2.32. The van der Waals surface area contributed by atoms with Crippen molar-refractivity contribution in [1.82, 2.24) is 5.32 Å². The lowest BCUT2D eigenvalue weighted by molar-refractivity contribution is -0.132. The highest BCUT2D eigenvalue weighted by Crippen LogP contribution is 1.91. The first-order chi connectivity index (χ1) is 4.33. The Kier molecular flexibility index (Phi) is 2.02. The summed E-state index contributed by atoms with van der Waals surface area (Å²) >= 11 is 0. The number of nitrogens with one attached hydrogen (secondary N) is 1. The van der Waals surface area contributed by atoms with Crippen LogP contribution >= 0.6 is 0 Å². The van der Waals surface area contributed by atoms with Crippen LogP contribution in [0.4, 0.5) is 0 Å². The van der Waals surface area contributed by atoms with Crippen LogP contribution in [0, 0.1) is 0 Å². The molecule has 1 rings (SSSR count). The van der Waals surface area contributed by atoms with Crippen molar-refractivity contribution in [3.8, 4) is 0 Å². The number of rotatable bonds is 1. The van der Waals surface area contributed by atoms with Crippen LogP contribution in [0.2, 0.25) is 0 Å². The number of amides is 1. The molecule has 0 saturated carbocycles. The number of hydrogen-bond acceptors (Lipinski definition) is 3. The molecule has 0 aliphatic carbocycles. The molecule has 2 N–H and O–H groups in total. The SMILES string of the molecule is O=C1COCC(CO)N1. The van der Waals surface area contributed by atoms with Gasteiger partial charge >= 0.3 is 0 Å². The maximum absolute atomic E-state index is 10.5. The van der Waals surface area contributed by atoms with Crippen LogP contribution in [0.25, 0.3) is 0 Å². The smallest absolute Gasteiger partial charge is 0.246 e. The second kappa shape index (κ2) is 2.80. The second-order valence-electron chi connectivity index (χ2n) is 1.96. The van der Waals surface area contributed by atoms with Gasteiger partial charge in [-0.1, -0.05) is 0 Å². The summed E-state index contributed by atoms with van der Waals surface area (Å²) in [6.07, 6.45) is 0. The molecule has 4 nitrogen and oxygen atoms in total. The molecule has 1 amide bonds. The first-order valence-electron chi connectivity index (χ1n) is 2.81. The molecule has 1 aliphatic heterocycles. The van der Waals surface area contributed by atoms with Crippen molar-refractivity contribution in [2.24, 2.45) is 0 Å². The zero-order valence-electron chi connectivity index (χ0n) is 4.96.